The molecule has 7 heteroatoms. The van der Waals surface area contributed by atoms with E-state index in [2.05, 4.69) is 15.4 Å². The van der Waals surface area contributed by atoms with Crippen LogP contribution in [-0.2, 0) is 6.42 Å². The Morgan fingerprint density at radius 1 is 1.12 bits per heavy atom. The summed E-state index contributed by atoms with van der Waals surface area (Å²) in [6.45, 7) is -2.53. The second-order valence-corrected chi connectivity index (χ2v) is 4.86. The molecule has 0 heterocycles. The first-order chi connectivity index (χ1) is 11.6. The normalized spacial score (nSPS) is 10.3. The van der Waals surface area contributed by atoms with Gasteiger partial charge < -0.3 is 20.1 Å². The van der Waals surface area contributed by atoms with Crippen LogP contribution in [0.3, 0.4) is 0 Å². The zero-order valence-corrected chi connectivity index (χ0v) is 13.1. The Morgan fingerprint density at radius 2 is 1.88 bits per heavy atom. The molecule has 24 heavy (non-hydrogen) atoms. The molecule has 2 aromatic rings. The summed E-state index contributed by atoms with van der Waals surface area (Å²) >= 11 is 0. The number of alkyl halides is 2. The SMILES string of the molecule is COc1ccc(NC(=O)NCCc2ccccc2)cc1OC(F)F. The lowest BCUT2D eigenvalue weighted by Crippen LogP contribution is -2.30. The second kappa shape index (κ2) is 8.71. The van der Waals surface area contributed by atoms with Crippen LogP contribution in [0.2, 0.25) is 0 Å². The van der Waals surface area contributed by atoms with Gasteiger partial charge in [-0.15, -0.1) is 0 Å². The highest BCUT2D eigenvalue weighted by Gasteiger charge is 2.12. The summed E-state index contributed by atoms with van der Waals surface area (Å²) in [5.74, 6) is 0.0138. The Balaban J connectivity index is 1.88. The van der Waals surface area contributed by atoms with Gasteiger partial charge in [-0.25, -0.2) is 4.79 Å². The van der Waals surface area contributed by atoms with E-state index >= 15 is 0 Å². The van der Waals surface area contributed by atoms with Crippen LogP contribution >= 0.6 is 0 Å². The molecule has 0 fully saturated rings. The van der Waals surface area contributed by atoms with Crippen LogP contribution in [0.15, 0.2) is 48.5 Å². The Bertz CT molecular complexity index is 666. The molecule has 0 aliphatic carbocycles. The van der Waals surface area contributed by atoms with E-state index in [0.717, 1.165) is 5.56 Å². The number of nitrogens with one attached hydrogen (secondary N) is 2. The van der Waals surface area contributed by atoms with Crippen LogP contribution in [0.25, 0.3) is 0 Å². The summed E-state index contributed by atoms with van der Waals surface area (Å²) in [7, 11) is 1.34. The maximum atomic E-state index is 12.4. The van der Waals surface area contributed by atoms with E-state index < -0.39 is 12.6 Å². The molecule has 0 spiro atoms. The first-order valence-corrected chi connectivity index (χ1v) is 7.30. The zero-order chi connectivity index (χ0) is 17.4. The summed E-state index contributed by atoms with van der Waals surface area (Å²) < 4.78 is 34.1. The number of carbonyl (C=O) groups excluding carboxylic acids is 1. The molecule has 2 N–H and O–H groups in total. The zero-order valence-electron chi connectivity index (χ0n) is 13.1. The van der Waals surface area contributed by atoms with Crippen molar-refractivity contribution in [3.05, 3.63) is 54.1 Å². The first kappa shape index (κ1) is 17.5. The predicted molar refractivity (Wildman–Crippen MR) is 86.8 cm³/mol. The largest absolute Gasteiger partial charge is 0.493 e. The van der Waals surface area contributed by atoms with E-state index in [-0.39, 0.29) is 11.5 Å². The fourth-order valence-corrected chi connectivity index (χ4v) is 2.08. The molecule has 2 amide bonds. The average Bonchev–Trinajstić information content (AvgIpc) is 2.55. The van der Waals surface area contributed by atoms with Crippen LogP contribution < -0.4 is 20.1 Å². The van der Waals surface area contributed by atoms with Crippen molar-refractivity contribution in [1.29, 1.82) is 0 Å². The van der Waals surface area contributed by atoms with Gasteiger partial charge in [0, 0.05) is 18.3 Å². The Hall–Kier alpha value is -2.83. The van der Waals surface area contributed by atoms with Gasteiger partial charge in [-0.05, 0) is 24.1 Å². The van der Waals surface area contributed by atoms with E-state index in [9.17, 15) is 13.6 Å². The topological polar surface area (TPSA) is 59.6 Å². The van der Waals surface area contributed by atoms with Crippen molar-refractivity contribution in [3.8, 4) is 11.5 Å². The van der Waals surface area contributed by atoms with Crippen molar-refractivity contribution in [2.75, 3.05) is 19.0 Å². The molecule has 5 nitrogen and oxygen atoms in total. The third kappa shape index (κ3) is 5.42. The summed E-state index contributed by atoms with van der Waals surface area (Å²) in [6, 6.07) is 13.5. The molecule has 0 radical (unpaired) electrons. The summed E-state index contributed by atoms with van der Waals surface area (Å²) in [6.07, 6.45) is 0.691. The minimum atomic E-state index is -2.98. The minimum absolute atomic E-state index is 0.144. The second-order valence-electron chi connectivity index (χ2n) is 4.86. The lowest BCUT2D eigenvalue weighted by Gasteiger charge is -2.12. The number of halogens is 2. The lowest BCUT2D eigenvalue weighted by atomic mass is 10.1. The number of ether oxygens (including phenoxy) is 2. The predicted octanol–water partition coefficient (Wildman–Crippen LogP) is 3.66. The van der Waals surface area contributed by atoms with Crippen molar-refractivity contribution in [3.63, 3.8) is 0 Å². The molecule has 2 rings (SSSR count). The molecule has 0 saturated carbocycles. The number of rotatable bonds is 7. The van der Waals surface area contributed by atoms with Gasteiger partial charge in [0.25, 0.3) is 0 Å². The molecule has 0 atom stereocenters. The highest BCUT2D eigenvalue weighted by molar-refractivity contribution is 5.89. The number of hydrogen-bond donors (Lipinski definition) is 2. The number of anilines is 1. The van der Waals surface area contributed by atoms with Crippen LogP contribution in [0, 0.1) is 0 Å². The third-order valence-corrected chi connectivity index (χ3v) is 3.18. The molecule has 0 aliphatic rings. The van der Waals surface area contributed by atoms with Crippen LogP contribution in [0.5, 0.6) is 11.5 Å². The maximum Gasteiger partial charge on any atom is 0.387 e. The monoisotopic (exact) mass is 336 g/mol. The van der Waals surface area contributed by atoms with Crippen LogP contribution in [-0.4, -0.2) is 26.3 Å². The molecular formula is C17H18F2N2O3. The van der Waals surface area contributed by atoms with Gasteiger partial charge in [0.15, 0.2) is 11.5 Å². The third-order valence-electron chi connectivity index (χ3n) is 3.18. The van der Waals surface area contributed by atoms with Crippen molar-refractivity contribution in [1.82, 2.24) is 5.32 Å². The van der Waals surface area contributed by atoms with Gasteiger partial charge in [-0.1, -0.05) is 30.3 Å². The Labute approximate surface area is 138 Å². The van der Waals surface area contributed by atoms with Gasteiger partial charge in [0.2, 0.25) is 0 Å². The summed E-state index contributed by atoms with van der Waals surface area (Å²) in [5, 5.41) is 5.26. The Kier molecular flexibility index (Phi) is 6.36. The average molecular weight is 336 g/mol. The molecular weight excluding hydrogens is 318 g/mol. The molecule has 128 valence electrons. The Morgan fingerprint density at radius 3 is 2.54 bits per heavy atom. The molecule has 0 bridgehead atoms. The number of urea groups is 1. The van der Waals surface area contributed by atoms with E-state index in [1.165, 1.54) is 25.3 Å². The quantitative estimate of drug-likeness (QED) is 0.811. The van der Waals surface area contributed by atoms with Crippen LogP contribution in [0.4, 0.5) is 19.3 Å². The highest BCUT2D eigenvalue weighted by Crippen LogP contribution is 2.31. The number of methoxy groups -OCH3 is 1. The number of amides is 2. The van der Waals surface area contributed by atoms with E-state index in [1.807, 2.05) is 30.3 Å². The standard InChI is InChI=1S/C17H18F2N2O3/c1-23-14-8-7-13(11-15(14)24-16(18)19)21-17(22)20-10-9-12-5-3-2-4-6-12/h2-8,11,16H,9-10H2,1H3,(H2,20,21,22). The van der Waals surface area contributed by atoms with Crippen LogP contribution in [0.1, 0.15) is 5.56 Å². The molecule has 0 saturated heterocycles. The number of hydrogen-bond acceptors (Lipinski definition) is 3. The van der Waals surface area contributed by atoms with Crippen molar-refractivity contribution in [2.24, 2.45) is 0 Å². The summed E-state index contributed by atoms with van der Waals surface area (Å²) in [5.41, 5.74) is 1.43. The molecule has 0 aromatic heterocycles. The van der Waals surface area contributed by atoms with Crippen molar-refractivity contribution in [2.45, 2.75) is 13.0 Å². The molecule has 2 aromatic carbocycles. The van der Waals surface area contributed by atoms with Crippen molar-refractivity contribution < 1.29 is 23.0 Å². The van der Waals surface area contributed by atoms with Gasteiger partial charge in [-0.3, -0.25) is 0 Å². The summed E-state index contributed by atoms with van der Waals surface area (Å²) in [4.78, 5) is 11.8. The van der Waals surface area contributed by atoms with Gasteiger partial charge in [0.1, 0.15) is 0 Å². The number of carbonyl (C=O) groups is 1. The highest BCUT2D eigenvalue weighted by atomic mass is 19.3. The van der Waals surface area contributed by atoms with Gasteiger partial charge in [0.05, 0.1) is 7.11 Å². The lowest BCUT2D eigenvalue weighted by molar-refractivity contribution is -0.0511. The maximum absolute atomic E-state index is 12.4. The molecule has 0 aliphatic heterocycles. The first-order valence-electron chi connectivity index (χ1n) is 7.30. The smallest absolute Gasteiger partial charge is 0.387 e. The van der Waals surface area contributed by atoms with E-state index in [0.29, 0.717) is 18.7 Å². The van der Waals surface area contributed by atoms with Crippen molar-refractivity contribution >= 4 is 11.7 Å². The van der Waals surface area contributed by atoms with Gasteiger partial charge >= 0.3 is 12.6 Å². The van der Waals surface area contributed by atoms with E-state index in [1.54, 1.807) is 0 Å². The molecule has 0 unspecified atom stereocenters. The number of benzene rings is 2. The van der Waals surface area contributed by atoms with E-state index in [4.69, 9.17) is 4.74 Å². The fourth-order valence-electron chi connectivity index (χ4n) is 2.08. The minimum Gasteiger partial charge on any atom is -0.493 e. The van der Waals surface area contributed by atoms with Gasteiger partial charge in [-0.2, -0.15) is 8.78 Å². The fraction of sp³-hybridized carbons (Fsp3) is 0.235.